The maximum absolute atomic E-state index is 13.5. The lowest BCUT2D eigenvalue weighted by Gasteiger charge is -2.30. The molecular weight excluding hydrogens is 408 g/mol. The van der Waals surface area contributed by atoms with Crippen LogP contribution in [0.2, 0.25) is 5.02 Å². The zero-order valence-corrected chi connectivity index (χ0v) is 17.9. The summed E-state index contributed by atoms with van der Waals surface area (Å²) in [4.78, 5) is 13.5. The van der Waals surface area contributed by atoms with Crippen LogP contribution in [-0.4, -0.2) is 12.9 Å². The van der Waals surface area contributed by atoms with Gasteiger partial charge in [0.1, 0.15) is 5.75 Å². The third kappa shape index (κ3) is 3.79. The van der Waals surface area contributed by atoms with Crippen molar-refractivity contribution in [3.8, 4) is 5.75 Å². The molecule has 156 valence electrons. The van der Waals surface area contributed by atoms with E-state index < -0.39 is 0 Å². The summed E-state index contributed by atoms with van der Waals surface area (Å²) in [6.45, 7) is 0. The lowest BCUT2D eigenvalue weighted by molar-refractivity contribution is -0.116. The Morgan fingerprint density at radius 2 is 1.55 bits per heavy atom. The quantitative estimate of drug-likeness (QED) is 0.509. The monoisotopic (exact) mass is 430 g/mol. The Labute approximate surface area is 186 Å². The van der Waals surface area contributed by atoms with Crippen molar-refractivity contribution in [2.45, 2.75) is 24.8 Å². The Morgan fingerprint density at radius 1 is 0.871 bits per heavy atom. The molecule has 5 rings (SSSR count). The number of methoxy groups -OCH3 is 1. The number of halogens is 1. The molecule has 0 amide bonds. The number of rotatable bonds is 3. The molecule has 5 heteroatoms. The van der Waals surface area contributed by atoms with E-state index >= 15 is 0 Å². The standard InChI is InChI=1S/C26H23ClN2O2/c1-31-20-12-8-16(9-13-20)18-14-23-25(24(30)15-18)26(17-6-10-19(27)11-7-17)29-22-5-3-2-4-21(22)28-23/h2-13,18,26,28-29H,14-15H2,1H3. The van der Waals surface area contributed by atoms with Crippen LogP contribution in [0.5, 0.6) is 5.75 Å². The third-order valence-electron chi connectivity index (χ3n) is 6.10. The van der Waals surface area contributed by atoms with Gasteiger partial charge >= 0.3 is 0 Å². The van der Waals surface area contributed by atoms with Crippen molar-refractivity contribution >= 4 is 28.8 Å². The molecule has 0 radical (unpaired) electrons. The summed E-state index contributed by atoms with van der Waals surface area (Å²) in [7, 11) is 1.66. The van der Waals surface area contributed by atoms with Crippen molar-refractivity contribution in [2.24, 2.45) is 0 Å². The van der Waals surface area contributed by atoms with Crippen LogP contribution in [0, 0.1) is 0 Å². The SMILES string of the molecule is COc1ccc(C2CC(=O)C3=C(C2)Nc2ccccc2NC3c2ccc(Cl)cc2)cc1. The summed E-state index contributed by atoms with van der Waals surface area (Å²) in [5.41, 5.74) is 5.92. The van der Waals surface area contributed by atoms with Crippen LogP contribution in [0.25, 0.3) is 0 Å². The van der Waals surface area contributed by atoms with E-state index in [0.717, 1.165) is 45.9 Å². The first-order valence-electron chi connectivity index (χ1n) is 10.4. The Balaban J connectivity index is 1.57. The Hall–Kier alpha value is -3.24. The fraction of sp³-hybridized carbons (Fsp3) is 0.192. The zero-order valence-electron chi connectivity index (χ0n) is 17.2. The van der Waals surface area contributed by atoms with Gasteiger partial charge in [-0.3, -0.25) is 4.79 Å². The predicted octanol–water partition coefficient (Wildman–Crippen LogP) is 6.33. The molecule has 2 unspecified atom stereocenters. The highest BCUT2D eigenvalue weighted by atomic mass is 35.5. The molecule has 1 aliphatic carbocycles. The predicted molar refractivity (Wildman–Crippen MR) is 125 cm³/mol. The number of anilines is 2. The van der Waals surface area contributed by atoms with E-state index in [0.29, 0.717) is 11.4 Å². The summed E-state index contributed by atoms with van der Waals surface area (Å²) in [5.74, 6) is 1.11. The molecule has 0 fully saturated rings. The molecule has 3 aromatic rings. The number of fused-ring (bicyclic) bond motifs is 1. The van der Waals surface area contributed by atoms with Gasteiger partial charge in [-0.2, -0.15) is 0 Å². The number of ether oxygens (including phenoxy) is 1. The van der Waals surface area contributed by atoms with Crippen LogP contribution in [-0.2, 0) is 4.79 Å². The first-order chi connectivity index (χ1) is 15.1. The number of para-hydroxylation sites is 2. The van der Waals surface area contributed by atoms with Gasteiger partial charge in [0.05, 0.1) is 24.5 Å². The molecule has 31 heavy (non-hydrogen) atoms. The van der Waals surface area contributed by atoms with E-state index in [9.17, 15) is 4.79 Å². The van der Waals surface area contributed by atoms with Crippen LogP contribution in [0.1, 0.15) is 35.9 Å². The minimum Gasteiger partial charge on any atom is -0.497 e. The van der Waals surface area contributed by atoms with E-state index in [1.54, 1.807) is 7.11 Å². The molecule has 1 heterocycles. The number of benzene rings is 3. The topological polar surface area (TPSA) is 50.4 Å². The molecule has 3 aromatic carbocycles. The molecule has 4 nitrogen and oxygen atoms in total. The molecular formula is C26H23ClN2O2. The van der Waals surface area contributed by atoms with E-state index in [2.05, 4.69) is 22.8 Å². The first-order valence-corrected chi connectivity index (χ1v) is 10.8. The van der Waals surface area contributed by atoms with Crippen LogP contribution in [0.3, 0.4) is 0 Å². The highest BCUT2D eigenvalue weighted by Crippen LogP contribution is 2.44. The van der Waals surface area contributed by atoms with Crippen molar-refractivity contribution in [1.82, 2.24) is 0 Å². The highest BCUT2D eigenvalue weighted by Gasteiger charge is 2.36. The molecule has 0 saturated carbocycles. The van der Waals surface area contributed by atoms with Crippen molar-refractivity contribution < 1.29 is 9.53 Å². The second kappa shape index (κ2) is 8.12. The van der Waals surface area contributed by atoms with Crippen LogP contribution in [0.4, 0.5) is 11.4 Å². The fourth-order valence-corrected chi connectivity index (χ4v) is 4.64. The molecule has 0 aromatic heterocycles. The normalized spacial score (nSPS) is 20.1. The first kappa shape index (κ1) is 19.7. The van der Waals surface area contributed by atoms with E-state index in [1.807, 2.05) is 60.7 Å². The number of carbonyl (C=O) groups is 1. The number of hydrogen-bond donors (Lipinski definition) is 2. The largest absolute Gasteiger partial charge is 0.497 e. The average Bonchev–Trinajstić information content (AvgIpc) is 2.96. The molecule has 1 aliphatic heterocycles. The van der Waals surface area contributed by atoms with Crippen LogP contribution >= 0.6 is 11.6 Å². The Bertz CT molecular complexity index is 1150. The van der Waals surface area contributed by atoms with Gasteiger partial charge in [-0.15, -0.1) is 0 Å². The van der Waals surface area contributed by atoms with Gasteiger partial charge in [0.15, 0.2) is 5.78 Å². The third-order valence-corrected chi connectivity index (χ3v) is 6.35. The maximum Gasteiger partial charge on any atom is 0.163 e. The van der Waals surface area contributed by atoms with Gasteiger partial charge in [0.2, 0.25) is 0 Å². The minimum atomic E-state index is -0.229. The molecule has 0 bridgehead atoms. The second-order valence-electron chi connectivity index (χ2n) is 7.99. The average molecular weight is 431 g/mol. The van der Waals surface area contributed by atoms with Gasteiger partial charge in [0, 0.05) is 22.7 Å². The summed E-state index contributed by atoms with van der Waals surface area (Å²) in [6, 6.07) is 23.6. The van der Waals surface area contributed by atoms with E-state index in [-0.39, 0.29) is 17.7 Å². The van der Waals surface area contributed by atoms with Gasteiger partial charge in [0.25, 0.3) is 0 Å². The molecule has 0 saturated heterocycles. The van der Waals surface area contributed by atoms with E-state index in [4.69, 9.17) is 16.3 Å². The van der Waals surface area contributed by atoms with Crippen molar-refractivity contribution in [1.29, 1.82) is 0 Å². The molecule has 0 spiro atoms. The summed E-state index contributed by atoms with van der Waals surface area (Å²) < 4.78 is 5.28. The number of nitrogens with one attached hydrogen (secondary N) is 2. The van der Waals surface area contributed by atoms with Gasteiger partial charge in [-0.05, 0) is 59.9 Å². The van der Waals surface area contributed by atoms with Crippen molar-refractivity contribution in [3.05, 3.63) is 100 Å². The number of hydrogen-bond acceptors (Lipinski definition) is 4. The summed E-state index contributed by atoms with van der Waals surface area (Å²) >= 11 is 6.12. The van der Waals surface area contributed by atoms with Crippen molar-refractivity contribution in [3.63, 3.8) is 0 Å². The van der Waals surface area contributed by atoms with Crippen LogP contribution in [0.15, 0.2) is 84.1 Å². The number of carbonyl (C=O) groups excluding carboxylic acids is 1. The molecule has 2 N–H and O–H groups in total. The smallest absolute Gasteiger partial charge is 0.163 e. The van der Waals surface area contributed by atoms with Gasteiger partial charge in [-0.25, -0.2) is 0 Å². The highest BCUT2D eigenvalue weighted by molar-refractivity contribution is 6.30. The number of Topliss-reactive ketones (excluding diaryl/α,β-unsaturated/α-hetero) is 1. The minimum absolute atomic E-state index is 0.126. The zero-order chi connectivity index (χ0) is 21.4. The maximum atomic E-state index is 13.5. The fourth-order valence-electron chi connectivity index (χ4n) is 4.51. The van der Waals surface area contributed by atoms with Gasteiger partial charge < -0.3 is 15.4 Å². The Morgan fingerprint density at radius 3 is 2.26 bits per heavy atom. The number of allylic oxidation sites excluding steroid dienone is 1. The Kier molecular flexibility index (Phi) is 5.16. The van der Waals surface area contributed by atoms with Crippen LogP contribution < -0.4 is 15.4 Å². The summed E-state index contributed by atoms with van der Waals surface area (Å²) in [5, 5.41) is 7.84. The van der Waals surface area contributed by atoms with Gasteiger partial charge in [-0.1, -0.05) is 48.0 Å². The van der Waals surface area contributed by atoms with E-state index in [1.165, 1.54) is 0 Å². The number of ketones is 1. The second-order valence-corrected chi connectivity index (χ2v) is 8.43. The lowest BCUT2D eigenvalue weighted by atomic mass is 9.78. The summed E-state index contributed by atoms with van der Waals surface area (Å²) in [6.07, 6.45) is 1.25. The molecule has 2 aliphatic rings. The molecule has 2 atom stereocenters. The lowest BCUT2D eigenvalue weighted by Crippen LogP contribution is -2.26. The van der Waals surface area contributed by atoms with Crippen molar-refractivity contribution in [2.75, 3.05) is 17.7 Å².